The molecule has 3 saturated heterocycles. The fraction of sp³-hybridized carbons (Fsp3) is 0.733. The number of likely N-dealkylation sites (N-methyl/N-ethyl adjacent to an activating group) is 1. The molecule has 1 aromatic heterocycles. The van der Waals surface area contributed by atoms with Crippen molar-refractivity contribution in [2.75, 3.05) is 40.0 Å². The summed E-state index contributed by atoms with van der Waals surface area (Å²) in [5.41, 5.74) is 5.59. The summed E-state index contributed by atoms with van der Waals surface area (Å²) in [5.74, 6) is -3.84. The molecule has 0 radical (unpaired) electrons. The van der Waals surface area contributed by atoms with E-state index in [-0.39, 0.29) is 36.9 Å². The molecule has 346 valence electrons. The van der Waals surface area contributed by atoms with Gasteiger partial charge >= 0.3 is 12.1 Å². The number of carbonyl (C=O) groups is 4. The maximum Gasteiger partial charge on any atom is 0.410 e. The molecule has 0 spiro atoms. The van der Waals surface area contributed by atoms with Crippen molar-refractivity contribution in [3.63, 3.8) is 0 Å². The van der Waals surface area contributed by atoms with E-state index in [1.807, 2.05) is 84.1 Å². The second kappa shape index (κ2) is 20.1. The highest BCUT2D eigenvalue weighted by Crippen LogP contribution is 2.41. The number of rotatable bonds is 11. The summed E-state index contributed by atoms with van der Waals surface area (Å²) in [6, 6.07) is 5.82. The number of aryl methyl sites for hydroxylation is 1. The summed E-state index contributed by atoms with van der Waals surface area (Å²) < 4.78 is 33.3. The number of hydrogen-bond acceptors (Lipinski definition) is 14. The Kier molecular flexibility index (Phi) is 15.9. The Labute approximate surface area is 366 Å². The van der Waals surface area contributed by atoms with Crippen LogP contribution in [0.2, 0.25) is 0 Å². The summed E-state index contributed by atoms with van der Waals surface area (Å²) >= 11 is 0. The van der Waals surface area contributed by atoms with Crippen LogP contribution in [-0.2, 0) is 44.6 Å². The highest BCUT2D eigenvalue weighted by Gasteiger charge is 2.60. The highest BCUT2D eigenvalue weighted by atomic mass is 16.7. The van der Waals surface area contributed by atoms with Crippen molar-refractivity contribution in [2.24, 2.45) is 17.8 Å². The van der Waals surface area contributed by atoms with Crippen LogP contribution >= 0.6 is 0 Å². The molecule has 0 bridgehead atoms. The number of anilines is 1. The first-order chi connectivity index (χ1) is 29.1. The van der Waals surface area contributed by atoms with Crippen LogP contribution in [0.15, 0.2) is 30.5 Å². The molecule has 0 aliphatic carbocycles. The number of nitrogens with two attached hydrogens (primary N) is 1. The van der Waals surface area contributed by atoms with Gasteiger partial charge in [-0.05, 0) is 98.9 Å². The van der Waals surface area contributed by atoms with Crippen LogP contribution in [0.3, 0.4) is 0 Å². The molecule has 17 heteroatoms. The fourth-order valence-corrected chi connectivity index (χ4v) is 10.0. The minimum atomic E-state index is -1.40. The van der Waals surface area contributed by atoms with Crippen molar-refractivity contribution in [3.8, 4) is 11.3 Å². The van der Waals surface area contributed by atoms with E-state index < -0.39 is 77.6 Å². The van der Waals surface area contributed by atoms with Gasteiger partial charge in [0, 0.05) is 56.9 Å². The monoisotopic (exact) mass is 870 g/mol. The van der Waals surface area contributed by atoms with Gasteiger partial charge in [0.1, 0.15) is 23.8 Å². The zero-order valence-electron chi connectivity index (χ0n) is 38.8. The van der Waals surface area contributed by atoms with Gasteiger partial charge in [-0.2, -0.15) is 0 Å². The molecule has 4 heterocycles. The number of methoxy groups -OCH3 is 1. The summed E-state index contributed by atoms with van der Waals surface area (Å²) in [6.45, 7) is 17.0. The largest absolute Gasteiger partial charge is 0.458 e. The maximum absolute atomic E-state index is 14.5. The number of nitrogens with zero attached hydrogens (tertiary/aromatic N) is 6. The van der Waals surface area contributed by atoms with Gasteiger partial charge in [0.15, 0.2) is 17.7 Å². The van der Waals surface area contributed by atoms with Crippen LogP contribution in [0.25, 0.3) is 11.3 Å². The van der Waals surface area contributed by atoms with Crippen LogP contribution in [0.5, 0.6) is 0 Å². The average Bonchev–Trinajstić information content (AvgIpc) is 3.80. The molecule has 13 atom stereocenters. The SMILES string of the molecule is CC[C@H]1OC(=O)[C@H](C)C(=O)[C@H](C)[C@@H](O[C@@H]2O[C@H](C)CC(N(C)C)C2O)[C@](C)(OC)C[C@@H](C)CN(C(C)=O)[C@H](C)[C@H]2N(CCCCn3cc(-c4cccc(N)c4)nn3)C(=O)O[C@]12C. The topological polar surface area (TPSA) is 201 Å². The van der Waals surface area contributed by atoms with Crippen LogP contribution in [0.1, 0.15) is 94.4 Å². The number of aliphatic hydroxyl groups excluding tert-OH is 1. The van der Waals surface area contributed by atoms with E-state index in [0.29, 0.717) is 50.2 Å². The van der Waals surface area contributed by atoms with Gasteiger partial charge in [0.05, 0.1) is 36.1 Å². The quantitative estimate of drug-likeness (QED) is 0.138. The number of benzene rings is 1. The van der Waals surface area contributed by atoms with Crippen LogP contribution in [-0.4, -0.2) is 153 Å². The first kappa shape index (κ1) is 48.9. The Hall–Kier alpha value is -4.16. The second-order valence-corrected chi connectivity index (χ2v) is 18.5. The van der Waals surface area contributed by atoms with E-state index in [0.717, 1.165) is 5.56 Å². The Morgan fingerprint density at radius 2 is 1.77 bits per heavy atom. The number of unbranched alkanes of at least 4 members (excludes halogenated alkanes) is 1. The Bertz CT molecular complexity index is 1880. The predicted molar refractivity (Wildman–Crippen MR) is 231 cm³/mol. The molecule has 5 rings (SSSR count). The first-order valence-electron chi connectivity index (χ1n) is 22.1. The van der Waals surface area contributed by atoms with Crippen molar-refractivity contribution < 1.29 is 48.0 Å². The number of esters is 1. The zero-order valence-corrected chi connectivity index (χ0v) is 38.8. The summed E-state index contributed by atoms with van der Waals surface area (Å²) in [5, 5.41) is 20.1. The molecule has 3 aliphatic heterocycles. The van der Waals surface area contributed by atoms with Crippen molar-refractivity contribution in [1.82, 2.24) is 29.7 Å². The lowest BCUT2D eigenvalue weighted by Crippen LogP contribution is -2.62. The number of hydrogen-bond donors (Lipinski definition) is 2. The van der Waals surface area contributed by atoms with Crippen LogP contribution in [0, 0.1) is 17.8 Å². The highest BCUT2D eigenvalue weighted by molar-refractivity contribution is 6.00. The van der Waals surface area contributed by atoms with Gasteiger partial charge in [-0.3, -0.25) is 24.0 Å². The van der Waals surface area contributed by atoms with Crippen molar-refractivity contribution in [1.29, 1.82) is 0 Å². The first-order valence-corrected chi connectivity index (χ1v) is 22.1. The fourth-order valence-electron chi connectivity index (χ4n) is 10.0. The van der Waals surface area contributed by atoms with Gasteiger partial charge in [-0.1, -0.05) is 38.1 Å². The summed E-state index contributed by atoms with van der Waals surface area (Å²) in [6.07, 6.45) is -0.698. The smallest absolute Gasteiger partial charge is 0.410 e. The molecule has 2 aromatic rings. The number of fused-ring (bicyclic) bond motifs is 1. The number of carbonyl (C=O) groups excluding carboxylic acids is 4. The Morgan fingerprint density at radius 3 is 2.40 bits per heavy atom. The zero-order chi connectivity index (χ0) is 45.8. The summed E-state index contributed by atoms with van der Waals surface area (Å²) in [7, 11) is 5.31. The molecule has 17 nitrogen and oxygen atoms in total. The molecule has 2 amide bonds. The second-order valence-electron chi connectivity index (χ2n) is 18.5. The van der Waals surface area contributed by atoms with E-state index in [4.69, 9.17) is 29.4 Å². The molecular weight excluding hydrogens is 799 g/mol. The van der Waals surface area contributed by atoms with Gasteiger partial charge in [-0.15, -0.1) is 5.10 Å². The molecule has 3 N–H and O–H groups in total. The van der Waals surface area contributed by atoms with Gasteiger partial charge in [0.25, 0.3) is 0 Å². The molecule has 2 unspecified atom stereocenters. The summed E-state index contributed by atoms with van der Waals surface area (Å²) in [4.78, 5) is 61.7. The number of nitrogen functional groups attached to an aromatic ring is 1. The number of aliphatic hydroxyl groups is 1. The number of cyclic esters (lactones) is 1. The number of amides is 2. The third-order valence-electron chi connectivity index (χ3n) is 13.4. The number of aromatic nitrogens is 3. The molecular formula is C45H71N7O10. The Morgan fingerprint density at radius 1 is 1.08 bits per heavy atom. The van der Waals surface area contributed by atoms with Gasteiger partial charge in [-0.25, -0.2) is 4.79 Å². The van der Waals surface area contributed by atoms with Crippen LogP contribution < -0.4 is 5.73 Å². The van der Waals surface area contributed by atoms with E-state index in [1.165, 1.54) is 13.8 Å². The molecule has 62 heavy (non-hydrogen) atoms. The standard InChI is InChI=1S/C45H71N7O10/c1-13-36-45(9)39(51(43(57)62-45)20-15-14-19-50-25-34(47-48-50)32-17-16-18-33(46)22-32)30(6)52(31(7)53)24-26(2)23-44(8,58-12)40(28(4)37(54)29(5)41(56)60-36)61-42-38(55)35(49(10)11)21-27(3)59-42/h16-18,22,25-30,35-36,38-40,42,55H,13-15,19-21,23-24,46H2,1-12H3/t26-,27-,28+,29-,30-,35?,36-,38?,39-,40-,42+,44-,45-/m1/s1. The van der Waals surface area contributed by atoms with Crippen LogP contribution in [0.4, 0.5) is 10.5 Å². The molecule has 0 saturated carbocycles. The van der Waals surface area contributed by atoms with Crippen molar-refractivity contribution in [3.05, 3.63) is 30.5 Å². The maximum atomic E-state index is 14.5. The third-order valence-corrected chi connectivity index (χ3v) is 13.4. The van der Waals surface area contributed by atoms with E-state index in [9.17, 15) is 24.3 Å². The number of ether oxygens (including phenoxy) is 5. The third kappa shape index (κ3) is 10.4. The number of ketones is 1. The normalized spacial score (nSPS) is 35.3. The Balaban J connectivity index is 1.45. The lowest BCUT2D eigenvalue weighted by Gasteiger charge is -2.47. The minimum absolute atomic E-state index is 0.214. The van der Waals surface area contributed by atoms with E-state index in [2.05, 4.69) is 10.3 Å². The molecule has 3 aliphatic rings. The van der Waals surface area contributed by atoms with Crippen molar-refractivity contribution >= 4 is 29.4 Å². The lowest BCUT2D eigenvalue weighted by atomic mass is 9.78. The van der Waals surface area contributed by atoms with Gasteiger partial charge < -0.3 is 44.3 Å². The van der Waals surface area contributed by atoms with E-state index in [1.54, 1.807) is 35.4 Å². The predicted octanol–water partition coefficient (Wildman–Crippen LogP) is 4.54. The lowest BCUT2D eigenvalue weighted by molar-refractivity contribution is -0.295. The average molecular weight is 870 g/mol. The number of Topliss-reactive ketones (excluding diaryl/α,β-unsaturated/α-hetero) is 1. The molecule has 3 fully saturated rings. The minimum Gasteiger partial charge on any atom is -0.458 e. The van der Waals surface area contributed by atoms with Crippen molar-refractivity contribution in [2.45, 2.75) is 161 Å². The molecule has 1 aromatic carbocycles. The van der Waals surface area contributed by atoms with E-state index >= 15 is 0 Å². The van der Waals surface area contributed by atoms with Gasteiger partial charge in [0.2, 0.25) is 5.91 Å².